The maximum atomic E-state index is 7.57. The summed E-state index contributed by atoms with van der Waals surface area (Å²) in [4.78, 5) is 3.66. The van der Waals surface area contributed by atoms with Crippen molar-refractivity contribution in [3.05, 3.63) is 94.3 Å². The SMILES string of the molecule is [C-]#[N+]c1cc(CN)[c-]c(-c2nnc(-c3ccccc3C)n2-c2c(C(C)C)cccc2C(C)C)c1.[Ir]. The summed E-state index contributed by atoms with van der Waals surface area (Å²) in [6.45, 7) is 18.8. The molecule has 1 radical (unpaired) electrons. The van der Waals surface area contributed by atoms with Gasteiger partial charge in [0.2, 0.25) is 0 Å². The van der Waals surface area contributed by atoms with E-state index in [2.05, 4.69) is 85.5 Å². The van der Waals surface area contributed by atoms with Crippen molar-refractivity contribution in [1.29, 1.82) is 0 Å². The molecule has 2 N–H and O–H groups in total. The molecule has 0 aliphatic carbocycles. The number of aryl methyl sites for hydroxylation is 1. The second-order valence-electron chi connectivity index (χ2n) is 9.19. The van der Waals surface area contributed by atoms with Gasteiger partial charge in [0.1, 0.15) is 5.69 Å². The monoisotopic (exact) mass is 641 g/mol. The van der Waals surface area contributed by atoms with Gasteiger partial charge in [-0.25, -0.2) is 0 Å². The molecule has 6 heteroatoms. The Hall–Kier alpha value is -3.10. The Balaban J connectivity index is 0.00000342. The Morgan fingerprint density at radius 3 is 2.14 bits per heavy atom. The van der Waals surface area contributed by atoms with E-state index in [0.717, 1.165) is 33.8 Å². The molecule has 181 valence electrons. The van der Waals surface area contributed by atoms with E-state index in [9.17, 15) is 0 Å². The minimum absolute atomic E-state index is 0. The first-order valence-corrected chi connectivity index (χ1v) is 11.6. The molecule has 0 unspecified atom stereocenters. The van der Waals surface area contributed by atoms with Gasteiger partial charge in [0.05, 0.1) is 12.4 Å². The fourth-order valence-electron chi connectivity index (χ4n) is 4.35. The Morgan fingerprint density at radius 1 is 0.943 bits per heavy atom. The third-order valence-corrected chi connectivity index (χ3v) is 6.11. The van der Waals surface area contributed by atoms with Crippen molar-refractivity contribution in [2.75, 3.05) is 0 Å². The third-order valence-electron chi connectivity index (χ3n) is 6.11. The first-order chi connectivity index (χ1) is 16.3. The molecule has 0 saturated heterocycles. The molecular formula is C29H30IrN5-. The van der Waals surface area contributed by atoms with E-state index in [1.807, 2.05) is 18.2 Å². The first-order valence-electron chi connectivity index (χ1n) is 11.6. The molecule has 0 aliphatic heterocycles. The van der Waals surface area contributed by atoms with Crippen LogP contribution in [0.5, 0.6) is 0 Å². The molecule has 0 aliphatic rings. The van der Waals surface area contributed by atoms with Gasteiger partial charge in [0, 0.05) is 31.4 Å². The van der Waals surface area contributed by atoms with Crippen LogP contribution in [-0.4, -0.2) is 14.8 Å². The van der Waals surface area contributed by atoms with Crippen LogP contribution in [0.25, 0.3) is 33.3 Å². The van der Waals surface area contributed by atoms with Crippen molar-refractivity contribution in [2.45, 2.75) is 53.0 Å². The van der Waals surface area contributed by atoms with Gasteiger partial charge in [0.25, 0.3) is 0 Å². The summed E-state index contributed by atoms with van der Waals surface area (Å²) in [5.74, 6) is 2.03. The molecule has 1 aromatic heterocycles. The van der Waals surface area contributed by atoms with Crippen molar-refractivity contribution in [2.24, 2.45) is 5.73 Å². The molecule has 0 atom stereocenters. The van der Waals surface area contributed by atoms with Crippen LogP contribution in [0.1, 0.15) is 61.8 Å². The molecule has 4 aromatic rings. The topological polar surface area (TPSA) is 61.1 Å². The molecular weight excluding hydrogens is 611 g/mol. The zero-order valence-corrected chi connectivity index (χ0v) is 23.2. The zero-order chi connectivity index (χ0) is 24.4. The van der Waals surface area contributed by atoms with Crippen LogP contribution in [-0.2, 0) is 26.7 Å². The van der Waals surface area contributed by atoms with Crippen LogP contribution in [0.3, 0.4) is 0 Å². The second-order valence-corrected chi connectivity index (χ2v) is 9.19. The molecule has 0 bridgehead atoms. The predicted molar refractivity (Wildman–Crippen MR) is 138 cm³/mol. The van der Waals surface area contributed by atoms with Crippen LogP contribution in [0.15, 0.2) is 54.6 Å². The Labute approximate surface area is 221 Å². The van der Waals surface area contributed by atoms with Gasteiger partial charge in [-0.3, -0.25) is 4.85 Å². The minimum atomic E-state index is 0. The van der Waals surface area contributed by atoms with Crippen molar-refractivity contribution >= 4 is 5.69 Å². The third kappa shape index (κ3) is 5.13. The van der Waals surface area contributed by atoms with Gasteiger partial charge in [-0.2, -0.15) is 5.10 Å². The van der Waals surface area contributed by atoms with Crippen LogP contribution >= 0.6 is 0 Å². The van der Waals surface area contributed by atoms with Crippen molar-refractivity contribution in [3.8, 4) is 28.5 Å². The van der Waals surface area contributed by atoms with E-state index < -0.39 is 0 Å². The van der Waals surface area contributed by atoms with Crippen LogP contribution < -0.4 is 5.73 Å². The van der Waals surface area contributed by atoms with Gasteiger partial charge in [-0.15, -0.1) is 34.4 Å². The van der Waals surface area contributed by atoms with E-state index in [-0.39, 0.29) is 20.1 Å². The van der Waals surface area contributed by atoms with E-state index in [1.54, 1.807) is 6.07 Å². The molecule has 0 fully saturated rings. The normalized spacial score (nSPS) is 10.9. The summed E-state index contributed by atoms with van der Waals surface area (Å²) in [6, 6.07) is 21.7. The average molecular weight is 641 g/mol. The number of para-hydroxylation sites is 1. The quantitative estimate of drug-likeness (QED) is 0.232. The number of benzene rings is 3. The number of aromatic nitrogens is 3. The number of rotatable bonds is 6. The summed E-state index contributed by atoms with van der Waals surface area (Å²) in [7, 11) is 0. The average Bonchev–Trinajstić information content (AvgIpc) is 3.27. The molecule has 1 heterocycles. The largest absolute Gasteiger partial charge is 0.328 e. The Bertz CT molecular complexity index is 1350. The van der Waals surface area contributed by atoms with Crippen molar-refractivity contribution < 1.29 is 20.1 Å². The van der Waals surface area contributed by atoms with Crippen LogP contribution in [0, 0.1) is 19.6 Å². The van der Waals surface area contributed by atoms with Gasteiger partial charge in [-0.05, 0) is 42.0 Å². The Morgan fingerprint density at radius 2 is 1.57 bits per heavy atom. The van der Waals surface area contributed by atoms with Gasteiger partial charge in [0.15, 0.2) is 5.82 Å². The summed E-state index contributed by atoms with van der Waals surface area (Å²) >= 11 is 0. The van der Waals surface area contributed by atoms with Gasteiger partial charge < -0.3 is 10.3 Å². The molecule has 0 spiro atoms. The van der Waals surface area contributed by atoms with Crippen LogP contribution in [0.2, 0.25) is 0 Å². The van der Waals surface area contributed by atoms with Gasteiger partial charge in [-0.1, -0.05) is 70.2 Å². The second kappa shape index (κ2) is 11.1. The summed E-state index contributed by atoms with van der Waals surface area (Å²) in [6.07, 6.45) is 0. The number of nitrogens with two attached hydrogens (primary N) is 1. The minimum Gasteiger partial charge on any atom is -0.328 e. The van der Waals surface area contributed by atoms with E-state index in [0.29, 0.717) is 29.9 Å². The number of hydrogen-bond acceptors (Lipinski definition) is 3. The first kappa shape index (κ1) is 26.5. The number of nitrogens with zero attached hydrogens (tertiary/aromatic N) is 4. The van der Waals surface area contributed by atoms with Gasteiger partial charge >= 0.3 is 0 Å². The van der Waals surface area contributed by atoms with Crippen molar-refractivity contribution in [1.82, 2.24) is 14.8 Å². The standard InChI is InChI=1S/C29H30N5.Ir/c1-18(2)24-12-9-13-25(19(3)4)27(24)34-28(22-14-21(17-30)15-23(16-22)31-6)32-33-29(34)26-11-8-7-10-20(26)5;/h7-13,15-16,18-19H,17,30H2,1-5H3;/q-1;. The fourth-order valence-corrected chi connectivity index (χ4v) is 4.35. The predicted octanol–water partition coefficient (Wildman–Crippen LogP) is 6.96. The molecule has 0 saturated carbocycles. The van der Waals surface area contributed by atoms with E-state index in [4.69, 9.17) is 17.4 Å². The zero-order valence-electron chi connectivity index (χ0n) is 20.8. The molecule has 5 nitrogen and oxygen atoms in total. The number of hydrogen-bond donors (Lipinski definition) is 1. The molecule has 0 amide bonds. The molecule has 35 heavy (non-hydrogen) atoms. The Kier molecular flexibility index (Phi) is 8.40. The maximum Gasteiger partial charge on any atom is 0.159 e. The van der Waals surface area contributed by atoms with E-state index in [1.165, 1.54) is 11.1 Å². The van der Waals surface area contributed by atoms with Crippen LogP contribution in [0.4, 0.5) is 5.69 Å². The molecule has 3 aromatic carbocycles. The maximum absolute atomic E-state index is 7.57. The summed E-state index contributed by atoms with van der Waals surface area (Å²) in [5.41, 5.74) is 13.6. The summed E-state index contributed by atoms with van der Waals surface area (Å²) < 4.78 is 2.16. The van der Waals surface area contributed by atoms with E-state index >= 15 is 0 Å². The van der Waals surface area contributed by atoms with Crippen molar-refractivity contribution in [3.63, 3.8) is 0 Å². The smallest absolute Gasteiger partial charge is 0.159 e. The summed E-state index contributed by atoms with van der Waals surface area (Å²) in [5, 5.41) is 9.37. The fraction of sp³-hybridized carbons (Fsp3) is 0.276. The molecule has 4 rings (SSSR count).